The second kappa shape index (κ2) is 7.76. The minimum absolute atomic E-state index is 0.00260. The molecule has 6 heteroatoms. The molecule has 28 heavy (non-hydrogen) atoms. The van der Waals surface area contributed by atoms with Gasteiger partial charge in [-0.15, -0.1) is 0 Å². The largest absolute Gasteiger partial charge is 0.497 e. The molecule has 0 bridgehead atoms. The van der Waals surface area contributed by atoms with Crippen molar-refractivity contribution in [1.82, 2.24) is 5.32 Å². The van der Waals surface area contributed by atoms with Crippen LogP contribution in [-0.4, -0.2) is 25.5 Å². The summed E-state index contributed by atoms with van der Waals surface area (Å²) in [4.78, 5) is 24.3. The Morgan fingerprint density at radius 1 is 1.25 bits per heavy atom. The van der Waals surface area contributed by atoms with Crippen LogP contribution in [0.25, 0.3) is 6.08 Å². The van der Waals surface area contributed by atoms with Crippen LogP contribution in [0.15, 0.2) is 48.0 Å². The molecule has 6 nitrogen and oxygen atoms in total. The van der Waals surface area contributed by atoms with Gasteiger partial charge in [0.25, 0.3) is 5.91 Å². The molecule has 1 fully saturated rings. The van der Waals surface area contributed by atoms with Gasteiger partial charge in [0.15, 0.2) is 0 Å². The van der Waals surface area contributed by atoms with Crippen LogP contribution in [-0.2, 0) is 9.59 Å². The molecule has 0 aliphatic carbocycles. The van der Waals surface area contributed by atoms with Crippen LogP contribution in [0.2, 0.25) is 0 Å². The third kappa shape index (κ3) is 3.86. The maximum atomic E-state index is 12.7. The molecule has 4 rings (SSSR count). The summed E-state index contributed by atoms with van der Waals surface area (Å²) in [7, 11) is 1.60. The maximum absolute atomic E-state index is 12.7. The van der Waals surface area contributed by atoms with E-state index in [2.05, 4.69) is 10.6 Å². The molecular weight excluding hydrogens is 356 g/mol. The molecule has 2 aromatic carbocycles. The monoisotopic (exact) mass is 378 g/mol. The van der Waals surface area contributed by atoms with Crippen molar-refractivity contribution in [3.05, 3.63) is 59.2 Å². The van der Waals surface area contributed by atoms with Crippen LogP contribution in [0, 0.1) is 0 Å². The van der Waals surface area contributed by atoms with Gasteiger partial charge in [-0.1, -0.05) is 12.1 Å². The Bertz CT molecular complexity index is 951. The number of anilines is 1. The Morgan fingerprint density at radius 3 is 2.96 bits per heavy atom. The van der Waals surface area contributed by atoms with Crippen molar-refractivity contribution in [2.24, 2.45) is 0 Å². The molecule has 1 unspecified atom stereocenters. The van der Waals surface area contributed by atoms with Crippen LogP contribution in [0.3, 0.4) is 0 Å². The summed E-state index contributed by atoms with van der Waals surface area (Å²) in [5.41, 5.74) is 3.09. The van der Waals surface area contributed by atoms with Crippen LogP contribution in [0.5, 0.6) is 11.5 Å². The number of methoxy groups -OCH3 is 1. The predicted molar refractivity (Wildman–Crippen MR) is 106 cm³/mol. The van der Waals surface area contributed by atoms with E-state index in [0.717, 1.165) is 24.0 Å². The van der Waals surface area contributed by atoms with E-state index in [1.165, 1.54) is 0 Å². The lowest BCUT2D eigenvalue weighted by atomic mass is 9.97. The van der Waals surface area contributed by atoms with Crippen molar-refractivity contribution in [3.8, 4) is 11.5 Å². The molecular formula is C22H22N2O4. The second-order valence-electron chi connectivity index (χ2n) is 6.95. The number of amides is 2. The van der Waals surface area contributed by atoms with Crippen LogP contribution in [0.1, 0.15) is 36.4 Å². The van der Waals surface area contributed by atoms with Crippen molar-refractivity contribution in [2.45, 2.75) is 25.3 Å². The highest BCUT2D eigenvalue weighted by Crippen LogP contribution is 2.31. The van der Waals surface area contributed by atoms with Gasteiger partial charge in [0.1, 0.15) is 18.1 Å². The standard InChI is InChI=1S/C22H22N2O4/c1-27-18-9-8-15-10-16(13-28-20(15)12-18)22(26)23-17-5-2-4-14(11-17)19-6-3-7-21(25)24-19/h2,4-5,8-12,19H,3,6-7,13H2,1H3,(H,23,26)(H,24,25). The number of piperidine rings is 1. The lowest BCUT2D eigenvalue weighted by Gasteiger charge is -2.24. The Kier molecular flexibility index (Phi) is 5.02. The van der Waals surface area contributed by atoms with Gasteiger partial charge in [-0.3, -0.25) is 9.59 Å². The number of ether oxygens (including phenoxy) is 2. The topological polar surface area (TPSA) is 76.7 Å². The third-order valence-electron chi connectivity index (χ3n) is 5.00. The lowest BCUT2D eigenvalue weighted by molar-refractivity contribution is -0.123. The summed E-state index contributed by atoms with van der Waals surface area (Å²) in [5, 5.41) is 5.93. The third-order valence-corrected chi connectivity index (χ3v) is 5.00. The summed E-state index contributed by atoms with van der Waals surface area (Å²) in [5.74, 6) is 1.29. The number of rotatable bonds is 4. The Labute approximate surface area is 163 Å². The van der Waals surface area contributed by atoms with Gasteiger partial charge in [-0.2, -0.15) is 0 Å². The Balaban J connectivity index is 1.48. The minimum atomic E-state index is -0.203. The Hall–Kier alpha value is -3.28. The SMILES string of the molecule is COc1ccc2c(c1)OCC(C(=O)Nc1cccc(C3CCCC(=O)N3)c1)=C2. The zero-order chi connectivity index (χ0) is 19.5. The number of nitrogens with one attached hydrogen (secondary N) is 2. The van der Waals surface area contributed by atoms with Gasteiger partial charge < -0.3 is 20.1 Å². The molecule has 0 spiro atoms. The van der Waals surface area contributed by atoms with Crippen molar-refractivity contribution in [3.63, 3.8) is 0 Å². The number of hydrogen-bond donors (Lipinski definition) is 2. The Morgan fingerprint density at radius 2 is 2.14 bits per heavy atom. The first-order valence-corrected chi connectivity index (χ1v) is 9.34. The van der Waals surface area contributed by atoms with Crippen LogP contribution in [0.4, 0.5) is 5.69 Å². The van der Waals surface area contributed by atoms with Gasteiger partial charge in [-0.05, 0) is 48.7 Å². The van der Waals surface area contributed by atoms with E-state index in [9.17, 15) is 9.59 Å². The van der Waals surface area contributed by atoms with E-state index in [1.54, 1.807) is 7.11 Å². The molecule has 2 aromatic rings. The molecule has 144 valence electrons. The fourth-order valence-corrected chi connectivity index (χ4v) is 3.50. The average Bonchev–Trinajstić information content (AvgIpc) is 2.73. The molecule has 0 saturated carbocycles. The summed E-state index contributed by atoms with van der Waals surface area (Å²) in [6, 6.07) is 13.1. The van der Waals surface area contributed by atoms with Gasteiger partial charge in [-0.25, -0.2) is 0 Å². The van der Waals surface area contributed by atoms with Gasteiger partial charge >= 0.3 is 0 Å². The van der Waals surface area contributed by atoms with Crippen molar-refractivity contribution >= 4 is 23.6 Å². The van der Waals surface area contributed by atoms with E-state index < -0.39 is 0 Å². The van der Waals surface area contributed by atoms with Crippen molar-refractivity contribution in [1.29, 1.82) is 0 Å². The van der Waals surface area contributed by atoms with Crippen molar-refractivity contribution in [2.75, 3.05) is 19.0 Å². The first-order valence-electron chi connectivity index (χ1n) is 9.34. The predicted octanol–water partition coefficient (Wildman–Crippen LogP) is 3.45. The van der Waals surface area contributed by atoms with Gasteiger partial charge in [0.05, 0.1) is 18.7 Å². The highest BCUT2D eigenvalue weighted by molar-refractivity contribution is 6.07. The van der Waals surface area contributed by atoms with Gasteiger partial charge in [0.2, 0.25) is 5.91 Å². The number of carbonyl (C=O) groups excluding carboxylic acids is 2. The number of hydrogen-bond acceptors (Lipinski definition) is 4. The summed E-state index contributed by atoms with van der Waals surface area (Å²) >= 11 is 0. The van der Waals surface area contributed by atoms with E-state index in [0.29, 0.717) is 29.2 Å². The van der Waals surface area contributed by atoms with Crippen LogP contribution >= 0.6 is 0 Å². The molecule has 2 aliphatic heterocycles. The fourth-order valence-electron chi connectivity index (χ4n) is 3.50. The quantitative estimate of drug-likeness (QED) is 0.854. The minimum Gasteiger partial charge on any atom is -0.497 e. The van der Waals surface area contributed by atoms with Crippen LogP contribution < -0.4 is 20.1 Å². The number of benzene rings is 2. The zero-order valence-electron chi connectivity index (χ0n) is 15.7. The molecule has 2 N–H and O–H groups in total. The molecule has 2 aliphatic rings. The smallest absolute Gasteiger partial charge is 0.255 e. The molecule has 1 saturated heterocycles. The first kappa shape index (κ1) is 18.1. The highest BCUT2D eigenvalue weighted by Gasteiger charge is 2.21. The molecule has 0 radical (unpaired) electrons. The van der Waals surface area contributed by atoms with Crippen molar-refractivity contribution < 1.29 is 19.1 Å². The molecule has 1 atom stereocenters. The summed E-state index contributed by atoms with van der Waals surface area (Å²) in [6.45, 7) is 0.199. The summed E-state index contributed by atoms with van der Waals surface area (Å²) in [6.07, 6.45) is 4.19. The average molecular weight is 378 g/mol. The fraction of sp³-hybridized carbons (Fsp3) is 0.273. The maximum Gasteiger partial charge on any atom is 0.255 e. The number of carbonyl (C=O) groups is 2. The van der Waals surface area contributed by atoms with Gasteiger partial charge in [0, 0.05) is 23.7 Å². The molecule has 0 aromatic heterocycles. The second-order valence-corrected chi connectivity index (χ2v) is 6.95. The van der Waals surface area contributed by atoms with E-state index in [1.807, 2.05) is 48.5 Å². The van der Waals surface area contributed by atoms with E-state index in [4.69, 9.17) is 9.47 Å². The van der Waals surface area contributed by atoms with E-state index >= 15 is 0 Å². The normalized spacial score (nSPS) is 18.2. The first-order chi connectivity index (χ1) is 13.6. The molecule has 2 heterocycles. The van der Waals surface area contributed by atoms with E-state index in [-0.39, 0.29) is 24.5 Å². The lowest BCUT2D eigenvalue weighted by Crippen LogP contribution is -2.32. The highest BCUT2D eigenvalue weighted by atomic mass is 16.5. The molecule has 2 amide bonds. The summed E-state index contributed by atoms with van der Waals surface area (Å²) < 4.78 is 10.9. The number of fused-ring (bicyclic) bond motifs is 1. The zero-order valence-corrected chi connectivity index (χ0v) is 15.7.